The van der Waals surface area contributed by atoms with Gasteiger partial charge < -0.3 is 10.6 Å². The van der Waals surface area contributed by atoms with Crippen molar-refractivity contribution in [2.75, 3.05) is 17.2 Å². The van der Waals surface area contributed by atoms with Crippen molar-refractivity contribution in [1.82, 2.24) is 4.98 Å². The number of anilines is 2. The summed E-state index contributed by atoms with van der Waals surface area (Å²) in [7, 11) is 0. The quantitative estimate of drug-likeness (QED) is 0.852. The smallest absolute Gasteiger partial charge is 0.0602 e. The third-order valence-electron chi connectivity index (χ3n) is 3.31. The van der Waals surface area contributed by atoms with Crippen LogP contribution in [-0.4, -0.2) is 11.5 Å². The number of pyridine rings is 1. The Balaban J connectivity index is 2.22. The second-order valence-corrected chi connectivity index (χ2v) is 4.83. The molecule has 0 aliphatic carbocycles. The molecular formula is C16H21N3. The molecule has 0 spiro atoms. The van der Waals surface area contributed by atoms with E-state index in [2.05, 4.69) is 41.1 Å². The van der Waals surface area contributed by atoms with Gasteiger partial charge in [-0.1, -0.05) is 12.1 Å². The number of hydrogen-bond acceptors (Lipinski definition) is 3. The second kappa shape index (κ2) is 5.74. The van der Waals surface area contributed by atoms with E-state index in [1.165, 1.54) is 0 Å². The van der Waals surface area contributed by atoms with E-state index in [0.29, 0.717) is 0 Å². The zero-order valence-corrected chi connectivity index (χ0v) is 11.9. The fraction of sp³-hybridized carbons (Fsp3) is 0.312. The Hall–Kier alpha value is -2.03. The Morgan fingerprint density at radius 1 is 1.16 bits per heavy atom. The van der Waals surface area contributed by atoms with Crippen molar-refractivity contribution in [3.8, 4) is 0 Å². The molecule has 2 aromatic rings. The number of nitrogen functional groups attached to an aromatic ring is 1. The summed E-state index contributed by atoms with van der Waals surface area (Å²) in [6.45, 7) is 7.92. The van der Waals surface area contributed by atoms with Crippen molar-refractivity contribution < 1.29 is 0 Å². The first-order chi connectivity index (χ1) is 9.10. The van der Waals surface area contributed by atoms with Crippen LogP contribution in [0.25, 0.3) is 0 Å². The average molecular weight is 255 g/mol. The Kier molecular flexibility index (Phi) is 4.05. The largest absolute Gasteiger partial charge is 0.398 e. The molecule has 3 nitrogen and oxygen atoms in total. The molecule has 0 fully saturated rings. The lowest BCUT2D eigenvalue weighted by molar-refractivity contribution is 0.806. The van der Waals surface area contributed by atoms with Crippen molar-refractivity contribution in [2.24, 2.45) is 0 Å². The first-order valence-corrected chi connectivity index (χ1v) is 6.63. The summed E-state index contributed by atoms with van der Waals surface area (Å²) < 4.78 is 0. The Morgan fingerprint density at radius 2 is 1.95 bits per heavy atom. The van der Waals surface area contributed by atoms with Crippen molar-refractivity contribution >= 4 is 11.4 Å². The molecule has 2 rings (SSSR count). The van der Waals surface area contributed by atoms with Crippen molar-refractivity contribution in [2.45, 2.75) is 27.3 Å². The summed E-state index contributed by atoms with van der Waals surface area (Å²) in [6.07, 6.45) is 0. The summed E-state index contributed by atoms with van der Waals surface area (Å²) >= 11 is 0. The minimum absolute atomic E-state index is 0.806. The van der Waals surface area contributed by atoms with Gasteiger partial charge in [0.15, 0.2) is 0 Å². The lowest BCUT2D eigenvalue weighted by atomic mass is 10.1. The number of nitrogens with two attached hydrogens (primary N) is 1. The summed E-state index contributed by atoms with van der Waals surface area (Å²) in [5.74, 6) is 0. The lowest BCUT2D eigenvalue weighted by Crippen LogP contribution is -2.22. The van der Waals surface area contributed by atoms with Crippen LogP contribution in [0.1, 0.15) is 23.9 Å². The van der Waals surface area contributed by atoms with E-state index in [4.69, 9.17) is 5.73 Å². The minimum Gasteiger partial charge on any atom is -0.398 e. The highest BCUT2D eigenvalue weighted by atomic mass is 15.1. The highest BCUT2D eigenvalue weighted by molar-refractivity contribution is 5.59. The first-order valence-electron chi connectivity index (χ1n) is 6.63. The van der Waals surface area contributed by atoms with Crippen LogP contribution in [0.2, 0.25) is 0 Å². The van der Waals surface area contributed by atoms with E-state index in [0.717, 1.165) is 41.4 Å². The van der Waals surface area contributed by atoms with Gasteiger partial charge in [0, 0.05) is 23.6 Å². The lowest BCUT2D eigenvalue weighted by Gasteiger charge is -2.23. The highest BCUT2D eigenvalue weighted by Gasteiger charge is 2.07. The normalized spacial score (nSPS) is 10.5. The van der Waals surface area contributed by atoms with Gasteiger partial charge in [-0.3, -0.25) is 4.98 Å². The standard InChI is InChI=1S/C16H21N3/c1-4-19(11-14-7-5-6-13(3)18-14)15-9-8-12(2)16(17)10-15/h5-10H,4,11,17H2,1-3H3. The Morgan fingerprint density at radius 3 is 2.58 bits per heavy atom. The fourth-order valence-corrected chi connectivity index (χ4v) is 2.09. The number of aryl methyl sites for hydroxylation is 2. The Bertz CT molecular complexity index is 564. The monoisotopic (exact) mass is 255 g/mol. The molecule has 0 amide bonds. The molecule has 100 valence electrons. The zero-order valence-electron chi connectivity index (χ0n) is 11.9. The third-order valence-corrected chi connectivity index (χ3v) is 3.31. The molecular weight excluding hydrogens is 234 g/mol. The topological polar surface area (TPSA) is 42.2 Å². The first kappa shape index (κ1) is 13.4. The van der Waals surface area contributed by atoms with Crippen LogP contribution in [0.5, 0.6) is 0 Å². The maximum Gasteiger partial charge on any atom is 0.0602 e. The Labute approximate surface area is 115 Å². The second-order valence-electron chi connectivity index (χ2n) is 4.83. The fourth-order valence-electron chi connectivity index (χ4n) is 2.09. The molecule has 2 N–H and O–H groups in total. The number of benzene rings is 1. The molecule has 0 saturated heterocycles. The van der Waals surface area contributed by atoms with Gasteiger partial charge in [0.25, 0.3) is 0 Å². The average Bonchev–Trinajstić information content (AvgIpc) is 2.39. The van der Waals surface area contributed by atoms with E-state index in [1.807, 2.05) is 26.0 Å². The summed E-state index contributed by atoms with van der Waals surface area (Å²) in [6, 6.07) is 12.3. The van der Waals surface area contributed by atoms with Crippen LogP contribution < -0.4 is 10.6 Å². The van der Waals surface area contributed by atoms with E-state index >= 15 is 0 Å². The van der Waals surface area contributed by atoms with Crippen molar-refractivity contribution in [3.63, 3.8) is 0 Å². The molecule has 0 unspecified atom stereocenters. The molecule has 19 heavy (non-hydrogen) atoms. The van der Waals surface area contributed by atoms with Gasteiger partial charge in [0.05, 0.1) is 12.2 Å². The molecule has 0 aliphatic heterocycles. The van der Waals surface area contributed by atoms with Crippen LogP contribution in [-0.2, 0) is 6.54 Å². The number of hydrogen-bond donors (Lipinski definition) is 1. The number of nitrogens with zero attached hydrogens (tertiary/aromatic N) is 2. The van der Waals surface area contributed by atoms with Gasteiger partial charge in [0.1, 0.15) is 0 Å². The van der Waals surface area contributed by atoms with Crippen LogP contribution in [0, 0.1) is 13.8 Å². The molecule has 3 heteroatoms. The van der Waals surface area contributed by atoms with Gasteiger partial charge in [-0.25, -0.2) is 0 Å². The third kappa shape index (κ3) is 3.25. The maximum atomic E-state index is 5.99. The SMILES string of the molecule is CCN(Cc1cccc(C)n1)c1ccc(C)c(N)c1. The summed E-state index contributed by atoms with van der Waals surface area (Å²) in [4.78, 5) is 6.83. The van der Waals surface area contributed by atoms with Crippen LogP contribution in [0.15, 0.2) is 36.4 Å². The van der Waals surface area contributed by atoms with Crippen LogP contribution in [0.3, 0.4) is 0 Å². The maximum absolute atomic E-state index is 5.99. The summed E-state index contributed by atoms with van der Waals surface area (Å²) in [5, 5.41) is 0. The predicted molar refractivity (Wildman–Crippen MR) is 81.3 cm³/mol. The van der Waals surface area contributed by atoms with Crippen molar-refractivity contribution in [3.05, 3.63) is 53.3 Å². The summed E-state index contributed by atoms with van der Waals surface area (Å²) in [5.41, 5.74) is 11.2. The van der Waals surface area contributed by atoms with Gasteiger partial charge in [-0.05, 0) is 50.6 Å². The minimum atomic E-state index is 0.806. The molecule has 0 radical (unpaired) electrons. The van der Waals surface area contributed by atoms with E-state index in [1.54, 1.807) is 0 Å². The van der Waals surface area contributed by atoms with Gasteiger partial charge in [-0.2, -0.15) is 0 Å². The van der Waals surface area contributed by atoms with E-state index < -0.39 is 0 Å². The molecule has 1 aromatic heterocycles. The van der Waals surface area contributed by atoms with Crippen LogP contribution in [0.4, 0.5) is 11.4 Å². The van der Waals surface area contributed by atoms with Gasteiger partial charge >= 0.3 is 0 Å². The van der Waals surface area contributed by atoms with Crippen molar-refractivity contribution in [1.29, 1.82) is 0 Å². The van der Waals surface area contributed by atoms with E-state index in [-0.39, 0.29) is 0 Å². The predicted octanol–water partition coefficient (Wildman–Crippen LogP) is 3.31. The van der Waals surface area contributed by atoms with E-state index in [9.17, 15) is 0 Å². The molecule has 0 saturated carbocycles. The molecule has 0 atom stereocenters. The number of rotatable bonds is 4. The molecule has 1 heterocycles. The highest BCUT2D eigenvalue weighted by Crippen LogP contribution is 2.22. The zero-order chi connectivity index (χ0) is 13.8. The van der Waals surface area contributed by atoms with Gasteiger partial charge in [-0.15, -0.1) is 0 Å². The number of aromatic nitrogens is 1. The molecule has 0 aliphatic rings. The van der Waals surface area contributed by atoms with Gasteiger partial charge in [0.2, 0.25) is 0 Å². The van der Waals surface area contributed by atoms with Crippen LogP contribution >= 0.6 is 0 Å². The molecule has 1 aromatic carbocycles. The molecule has 0 bridgehead atoms.